The molecule has 0 aromatic heterocycles. The van der Waals surface area contributed by atoms with Gasteiger partial charge < -0.3 is 18.9 Å². The van der Waals surface area contributed by atoms with Gasteiger partial charge in [0.15, 0.2) is 25.9 Å². The minimum absolute atomic E-state index is 0.00374. The Kier molecular flexibility index (Phi) is 13.5. The lowest BCUT2D eigenvalue weighted by Crippen LogP contribution is -2.32. The minimum atomic E-state index is -4.58. The SMILES string of the molecule is CCC(C)(C)c1ccc2cc(OCC(=O)OC(C)C(F)(F)F)ccc2c1.CCC(C)(C)c1cccc2c(OCC(=O)OCC(C)(F)F)cccc12. The smallest absolute Gasteiger partial charge is 0.425 e. The van der Waals surface area contributed by atoms with Crippen molar-refractivity contribution in [1.29, 1.82) is 0 Å². The van der Waals surface area contributed by atoms with Crippen LogP contribution in [0.1, 0.15) is 79.4 Å². The van der Waals surface area contributed by atoms with E-state index in [0.29, 0.717) is 18.4 Å². The van der Waals surface area contributed by atoms with Gasteiger partial charge in [-0.15, -0.1) is 0 Å². The highest BCUT2D eigenvalue weighted by Crippen LogP contribution is 2.36. The molecule has 0 bridgehead atoms. The Morgan fingerprint density at radius 1 is 0.686 bits per heavy atom. The fourth-order valence-corrected chi connectivity index (χ4v) is 4.95. The normalized spacial score (nSPS) is 12.9. The zero-order valence-corrected chi connectivity index (χ0v) is 30.4. The topological polar surface area (TPSA) is 71.1 Å². The highest BCUT2D eigenvalue weighted by molar-refractivity contribution is 5.92. The van der Waals surface area contributed by atoms with Crippen molar-refractivity contribution in [3.8, 4) is 11.5 Å². The quantitative estimate of drug-likeness (QED) is 0.101. The lowest BCUT2D eigenvalue weighted by Gasteiger charge is -2.25. The van der Waals surface area contributed by atoms with Crippen LogP contribution >= 0.6 is 0 Å². The first-order valence-electron chi connectivity index (χ1n) is 16.8. The summed E-state index contributed by atoms with van der Waals surface area (Å²) in [6.45, 7) is 12.5. The van der Waals surface area contributed by atoms with E-state index in [1.807, 2.05) is 36.4 Å². The third kappa shape index (κ3) is 11.8. The maximum Gasteiger partial charge on any atom is 0.425 e. The van der Waals surface area contributed by atoms with Gasteiger partial charge in [0.2, 0.25) is 0 Å². The van der Waals surface area contributed by atoms with E-state index < -0.39 is 50.0 Å². The van der Waals surface area contributed by atoms with Crippen molar-refractivity contribution in [2.45, 2.75) is 97.3 Å². The van der Waals surface area contributed by atoms with Crippen LogP contribution in [-0.4, -0.2) is 50.0 Å². The molecule has 4 rings (SSSR count). The molecule has 4 aromatic rings. The minimum Gasteiger partial charge on any atom is -0.482 e. The van der Waals surface area contributed by atoms with Crippen LogP contribution in [0.15, 0.2) is 72.8 Å². The van der Waals surface area contributed by atoms with Crippen molar-refractivity contribution < 1.29 is 50.5 Å². The van der Waals surface area contributed by atoms with Gasteiger partial charge in [0.25, 0.3) is 5.92 Å². The molecule has 0 aliphatic rings. The van der Waals surface area contributed by atoms with E-state index >= 15 is 0 Å². The van der Waals surface area contributed by atoms with Crippen molar-refractivity contribution in [2.75, 3.05) is 19.8 Å². The molecule has 278 valence electrons. The lowest BCUT2D eigenvalue weighted by molar-refractivity contribution is -0.217. The average Bonchev–Trinajstić information content (AvgIpc) is 3.07. The molecule has 0 aliphatic carbocycles. The van der Waals surface area contributed by atoms with Gasteiger partial charge in [-0.2, -0.15) is 13.2 Å². The molecule has 1 unspecified atom stereocenters. The van der Waals surface area contributed by atoms with Crippen LogP contribution in [0.5, 0.6) is 11.5 Å². The zero-order chi connectivity index (χ0) is 38.2. The highest BCUT2D eigenvalue weighted by Gasteiger charge is 2.39. The van der Waals surface area contributed by atoms with Crippen molar-refractivity contribution in [3.63, 3.8) is 0 Å². The van der Waals surface area contributed by atoms with Gasteiger partial charge in [-0.05, 0) is 76.1 Å². The molecule has 0 radical (unpaired) electrons. The van der Waals surface area contributed by atoms with E-state index in [4.69, 9.17) is 9.47 Å². The van der Waals surface area contributed by atoms with Crippen molar-refractivity contribution in [2.24, 2.45) is 0 Å². The molecule has 11 heteroatoms. The van der Waals surface area contributed by atoms with Crippen LogP contribution in [-0.2, 0) is 29.9 Å². The molecule has 0 spiro atoms. The van der Waals surface area contributed by atoms with E-state index in [0.717, 1.165) is 41.3 Å². The summed E-state index contributed by atoms with van der Waals surface area (Å²) in [5.41, 5.74) is 2.50. The Bertz CT molecular complexity index is 1790. The van der Waals surface area contributed by atoms with Gasteiger partial charge in [0.05, 0.1) is 0 Å². The second-order valence-electron chi connectivity index (χ2n) is 13.8. The summed E-state index contributed by atoms with van der Waals surface area (Å²) >= 11 is 0. The molecule has 0 fully saturated rings. The number of hydrogen-bond donors (Lipinski definition) is 0. The van der Waals surface area contributed by atoms with Crippen LogP contribution in [0.25, 0.3) is 21.5 Å². The van der Waals surface area contributed by atoms with E-state index in [-0.39, 0.29) is 10.8 Å². The molecule has 0 amide bonds. The molecule has 0 aliphatic heterocycles. The summed E-state index contributed by atoms with van der Waals surface area (Å²) in [5, 5.41) is 3.90. The maximum atomic E-state index is 12.7. The highest BCUT2D eigenvalue weighted by atomic mass is 19.4. The number of rotatable bonds is 13. The number of hydrogen-bond acceptors (Lipinski definition) is 6. The van der Waals surface area contributed by atoms with Crippen LogP contribution < -0.4 is 9.47 Å². The monoisotopic (exact) mass is 718 g/mol. The Hall–Kier alpha value is -4.41. The molecule has 4 aromatic carbocycles. The molecule has 0 heterocycles. The van der Waals surface area contributed by atoms with E-state index in [2.05, 4.69) is 69.2 Å². The lowest BCUT2D eigenvalue weighted by atomic mass is 9.79. The molecular formula is C40H47F5O6. The predicted octanol–water partition coefficient (Wildman–Crippen LogP) is 10.5. The molecule has 51 heavy (non-hydrogen) atoms. The number of ether oxygens (including phenoxy) is 4. The number of carbonyl (C=O) groups is 2. The third-order valence-electron chi connectivity index (χ3n) is 8.93. The van der Waals surface area contributed by atoms with Gasteiger partial charge in [0, 0.05) is 12.3 Å². The fraction of sp³-hybridized carbons (Fsp3) is 0.450. The van der Waals surface area contributed by atoms with Crippen molar-refractivity contribution >= 4 is 33.5 Å². The number of carbonyl (C=O) groups excluding carboxylic acids is 2. The zero-order valence-electron chi connectivity index (χ0n) is 30.4. The predicted molar refractivity (Wildman–Crippen MR) is 189 cm³/mol. The third-order valence-corrected chi connectivity index (χ3v) is 8.93. The number of alkyl halides is 5. The van der Waals surface area contributed by atoms with E-state index in [9.17, 15) is 31.5 Å². The van der Waals surface area contributed by atoms with Crippen LogP contribution in [0.4, 0.5) is 22.0 Å². The summed E-state index contributed by atoms with van der Waals surface area (Å²) in [5.74, 6) is -3.99. The number of esters is 2. The number of halogens is 5. The molecule has 0 N–H and O–H groups in total. The second kappa shape index (κ2) is 16.7. The van der Waals surface area contributed by atoms with Gasteiger partial charge >= 0.3 is 18.1 Å². The summed E-state index contributed by atoms with van der Waals surface area (Å²) in [4.78, 5) is 23.1. The first kappa shape index (κ1) is 41.0. The molecule has 0 saturated carbocycles. The Balaban J connectivity index is 0.000000276. The van der Waals surface area contributed by atoms with Gasteiger partial charge in [-0.3, -0.25) is 0 Å². The average molecular weight is 719 g/mol. The summed E-state index contributed by atoms with van der Waals surface area (Å²) in [6, 6.07) is 23.0. The van der Waals surface area contributed by atoms with Crippen molar-refractivity contribution in [1.82, 2.24) is 0 Å². The summed E-state index contributed by atoms with van der Waals surface area (Å²) in [6.07, 6.45) is -4.74. The van der Waals surface area contributed by atoms with Crippen LogP contribution in [0.3, 0.4) is 0 Å². The fourth-order valence-electron chi connectivity index (χ4n) is 4.95. The molecule has 0 saturated heterocycles. The standard InChI is InChI=1S/C20H23F3O3.C20H24F2O3/c1-5-19(3,4)16-8-6-15-11-17(9-7-14(15)10-16)25-12-18(24)26-13(2)20(21,22)23;1-5-19(2,3)16-10-6-9-15-14(16)8-7-11-17(15)24-12-18(23)25-13-20(4,21)22/h6-11,13H,5,12H2,1-4H3;6-11H,5,12-13H2,1-4H3. The maximum absolute atomic E-state index is 12.7. The molecular weight excluding hydrogens is 671 g/mol. The molecule has 6 nitrogen and oxygen atoms in total. The van der Waals surface area contributed by atoms with Crippen LogP contribution in [0, 0.1) is 0 Å². The Morgan fingerprint density at radius 3 is 1.90 bits per heavy atom. The van der Waals surface area contributed by atoms with Gasteiger partial charge in [-0.1, -0.05) is 96.1 Å². The largest absolute Gasteiger partial charge is 0.482 e. The first-order chi connectivity index (χ1) is 23.7. The van der Waals surface area contributed by atoms with E-state index in [1.165, 1.54) is 11.1 Å². The second-order valence-corrected chi connectivity index (χ2v) is 13.8. The van der Waals surface area contributed by atoms with Crippen molar-refractivity contribution in [3.05, 3.63) is 83.9 Å². The summed E-state index contributed by atoms with van der Waals surface area (Å²) in [7, 11) is 0. The van der Waals surface area contributed by atoms with Gasteiger partial charge in [0.1, 0.15) is 11.5 Å². The van der Waals surface area contributed by atoms with E-state index in [1.54, 1.807) is 18.2 Å². The summed E-state index contributed by atoms with van der Waals surface area (Å²) < 4.78 is 82.2. The number of fused-ring (bicyclic) bond motifs is 2. The molecule has 1 atom stereocenters. The van der Waals surface area contributed by atoms with Crippen LogP contribution in [0.2, 0.25) is 0 Å². The Morgan fingerprint density at radius 2 is 1.27 bits per heavy atom. The number of benzene rings is 4. The Labute approximate surface area is 296 Å². The van der Waals surface area contributed by atoms with Gasteiger partial charge in [-0.25, -0.2) is 18.4 Å². The first-order valence-corrected chi connectivity index (χ1v) is 16.8.